The first-order valence-corrected chi connectivity index (χ1v) is 11.8. The van der Waals surface area contributed by atoms with Gasteiger partial charge >= 0.3 is 0 Å². The summed E-state index contributed by atoms with van der Waals surface area (Å²) in [7, 11) is 0. The number of nitrogens with one attached hydrogen (secondary N) is 3. The number of rotatable bonds is 10. The summed E-state index contributed by atoms with van der Waals surface area (Å²) in [5.74, 6) is -0.678. The Balaban J connectivity index is 1.71. The van der Waals surface area contributed by atoms with Gasteiger partial charge in [-0.1, -0.05) is 61.9 Å². The SMILES string of the molecule is Cc1ccc(C(=O)NC[C@H](NC(=O)c2cncc(-c3ccccc3)c2)C(=O)NCCC(C)C)cc1. The molecule has 2 aromatic carbocycles. The standard InChI is InChI=1S/C28H32N4O3/c1-19(2)13-14-30-28(35)25(18-31-26(33)22-11-9-20(3)10-12-22)32-27(34)24-15-23(16-29-17-24)21-7-5-4-6-8-21/h4-12,15-17,19,25H,13-14,18H2,1-3H3,(H,30,35)(H,31,33)(H,32,34)/t25-/m0/s1. The van der Waals surface area contributed by atoms with E-state index >= 15 is 0 Å². The molecule has 0 saturated carbocycles. The lowest BCUT2D eigenvalue weighted by Crippen LogP contribution is -2.52. The fourth-order valence-electron chi connectivity index (χ4n) is 3.41. The van der Waals surface area contributed by atoms with Crippen molar-refractivity contribution in [2.45, 2.75) is 33.2 Å². The molecule has 35 heavy (non-hydrogen) atoms. The molecule has 182 valence electrons. The summed E-state index contributed by atoms with van der Waals surface area (Å²) in [6.45, 7) is 6.52. The number of benzene rings is 2. The van der Waals surface area contributed by atoms with Crippen LogP contribution in [0.4, 0.5) is 0 Å². The first-order valence-electron chi connectivity index (χ1n) is 11.8. The molecule has 3 aromatic rings. The molecule has 0 aliphatic rings. The second-order valence-electron chi connectivity index (χ2n) is 8.90. The molecule has 0 fully saturated rings. The van der Waals surface area contributed by atoms with Crippen LogP contribution in [0.5, 0.6) is 0 Å². The average molecular weight is 473 g/mol. The van der Waals surface area contributed by atoms with Gasteiger partial charge in [0.15, 0.2) is 0 Å². The van der Waals surface area contributed by atoms with Gasteiger partial charge in [0.05, 0.1) is 5.56 Å². The number of amides is 3. The molecule has 1 atom stereocenters. The van der Waals surface area contributed by atoms with Crippen molar-refractivity contribution in [3.8, 4) is 11.1 Å². The van der Waals surface area contributed by atoms with Gasteiger partial charge in [-0.15, -0.1) is 0 Å². The molecule has 3 N–H and O–H groups in total. The minimum atomic E-state index is -0.940. The summed E-state index contributed by atoms with van der Waals surface area (Å²) in [6, 6.07) is 17.5. The summed E-state index contributed by atoms with van der Waals surface area (Å²) >= 11 is 0. The van der Waals surface area contributed by atoms with Crippen LogP contribution in [-0.4, -0.2) is 41.8 Å². The van der Waals surface area contributed by atoms with Crippen LogP contribution in [0.3, 0.4) is 0 Å². The van der Waals surface area contributed by atoms with E-state index in [-0.39, 0.29) is 18.4 Å². The highest BCUT2D eigenvalue weighted by Gasteiger charge is 2.23. The third kappa shape index (κ3) is 7.78. The van der Waals surface area contributed by atoms with E-state index in [1.165, 1.54) is 6.20 Å². The number of carbonyl (C=O) groups is 3. The van der Waals surface area contributed by atoms with Crippen LogP contribution in [0.1, 0.15) is 46.5 Å². The Hall–Kier alpha value is -4.00. The molecule has 0 aliphatic heterocycles. The fourth-order valence-corrected chi connectivity index (χ4v) is 3.41. The Morgan fingerprint density at radius 3 is 2.23 bits per heavy atom. The number of carbonyl (C=O) groups excluding carboxylic acids is 3. The number of aromatic nitrogens is 1. The quantitative estimate of drug-likeness (QED) is 0.418. The Labute approximate surface area is 206 Å². The van der Waals surface area contributed by atoms with Crippen LogP contribution in [0.15, 0.2) is 73.1 Å². The van der Waals surface area contributed by atoms with E-state index in [2.05, 4.69) is 34.8 Å². The van der Waals surface area contributed by atoms with E-state index in [0.717, 1.165) is 23.1 Å². The molecule has 0 unspecified atom stereocenters. The molecular weight excluding hydrogens is 440 g/mol. The number of hydrogen-bond acceptors (Lipinski definition) is 4. The molecule has 1 aromatic heterocycles. The molecule has 0 radical (unpaired) electrons. The molecule has 0 spiro atoms. The van der Waals surface area contributed by atoms with Gasteiger partial charge in [-0.2, -0.15) is 0 Å². The van der Waals surface area contributed by atoms with Crippen LogP contribution in [0.2, 0.25) is 0 Å². The van der Waals surface area contributed by atoms with E-state index in [1.54, 1.807) is 24.4 Å². The maximum Gasteiger partial charge on any atom is 0.253 e. The lowest BCUT2D eigenvalue weighted by atomic mass is 10.1. The number of aryl methyl sites for hydroxylation is 1. The Morgan fingerprint density at radius 1 is 0.829 bits per heavy atom. The van der Waals surface area contributed by atoms with Gasteiger partial charge in [0.2, 0.25) is 5.91 Å². The number of nitrogens with zero attached hydrogens (tertiary/aromatic N) is 1. The van der Waals surface area contributed by atoms with Crippen LogP contribution in [-0.2, 0) is 4.79 Å². The van der Waals surface area contributed by atoms with Crippen molar-refractivity contribution in [1.82, 2.24) is 20.9 Å². The number of hydrogen-bond donors (Lipinski definition) is 3. The molecule has 7 nitrogen and oxygen atoms in total. The first kappa shape index (κ1) is 25.6. The summed E-state index contributed by atoms with van der Waals surface area (Å²) in [6.07, 6.45) is 3.95. The Kier molecular flexibility index (Phi) is 9.12. The van der Waals surface area contributed by atoms with Crippen molar-refractivity contribution in [3.63, 3.8) is 0 Å². The molecule has 1 heterocycles. The molecule has 3 rings (SSSR count). The highest BCUT2D eigenvalue weighted by molar-refractivity contribution is 5.99. The van der Waals surface area contributed by atoms with E-state index in [1.807, 2.05) is 49.4 Å². The molecular formula is C28H32N4O3. The van der Waals surface area contributed by atoms with Crippen molar-refractivity contribution in [2.24, 2.45) is 5.92 Å². The highest BCUT2D eigenvalue weighted by atomic mass is 16.2. The Morgan fingerprint density at radius 2 is 1.54 bits per heavy atom. The molecule has 0 aliphatic carbocycles. The van der Waals surface area contributed by atoms with E-state index in [9.17, 15) is 14.4 Å². The normalized spacial score (nSPS) is 11.5. The van der Waals surface area contributed by atoms with Crippen LogP contribution >= 0.6 is 0 Å². The van der Waals surface area contributed by atoms with Gasteiger partial charge in [0.1, 0.15) is 6.04 Å². The zero-order valence-electron chi connectivity index (χ0n) is 20.4. The van der Waals surface area contributed by atoms with Gasteiger partial charge in [-0.25, -0.2) is 0 Å². The second-order valence-corrected chi connectivity index (χ2v) is 8.90. The van der Waals surface area contributed by atoms with E-state index < -0.39 is 11.9 Å². The predicted molar refractivity (Wildman–Crippen MR) is 137 cm³/mol. The van der Waals surface area contributed by atoms with Crippen molar-refractivity contribution in [1.29, 1.82) is 0 Å². The lowest BCUT2D eigenvalue weighted by Gasteiger charge is -2.20. The van der Waals surface area contributed by atoms with Gasteiger partial charge < -0.3 is 16.0 Å². The van der Waals surface area contributed by atoms with Crippen molar-refractivity contribution >= 4 is 17.7 Å². The van der Waals surface area contributed by atoms with Gasteiger partial charge in [0, 0.05) is 36.6 Å². The minimum absolute atomic E-state index is 0.0439. The van der Waals surface area contributed by atoms with Gasteiger partial charge in [0.25, 0.3) is 11.8 Å². The summed E-state index contributed by atoms with van der Waals surface area (Å²) in [5, 5.41) is 8.38. The molecule has 3 amide bonds. The van der Waals surface area contributed by atoms with Crippen LogP contribution < -0.4 is 16.0 Å². The third-order valence-corrected chi connectivity index (χ3v) is 5.53. The zero-order valence-corrected chi connectivity index (χ0v) is 20.4. The third-order valence-electron chi connectivity index (χ3n) is 5.53. The molecule has 0 saturated heterocycles. The van der Waals surface area contributed by atoms with E-state index in [0.29, 0.717) is 23.6 Å². The van der Waals surface area contributed by atoms with Crippen molar-refractivity contribution in [3.05, 3.63) is 89.7 Å². The predicted octanol–water partition coefficient (Wildman–Crippen LogP) is 3.75. The van der Waals surface area contributed by atoms with Crippen molar-refractivity contribution in [2.75, 3.05) is 13.1 Å². The van der Waals surface area contributed by atoms with Gasteiger partial charge in [-0.3, -0.25) is 19.4 Å². The molecule has 7 heteroatoms. The lowest BCUT2D eigenvalue weighted by molar-refractivity contribution is -0.122. The minimum Gasteiger partial charge on any atom is -0.354 e. The second kappa shape index (κ2) is 12.5. The summed E-state index contributed by atoms with van der Waals surface area (Å²) < 4.78 is 0. The highest BCUT2D eigenvalue weighted by Crippen LogP contribution is 2.18. The summed E-state index contributed by atoms with van der Waals surface area (Å²) in [5.41, 5.74) is 3.59. The summed E-state index contributed by atoms with van der Waals surface area (Å²) in [4.78, 5) is 42.7. The molecule has 0 bridgehead atoms. The fraction of sp³-hybridized carbons (Fsp3) is 0.286. The Bertz CT molecular complexity index is 1140. The van der Waals surface area contributed by atoms with Gasteiger partial charge in [-0.05, 0) is 43.0 Å². The largest absolute Gasteiger partial charge is 0.354 e. The smallest absolute Gasteiger partial charge is 0.253 e. The first-order chi connectivity index (χ1) is 16.8. The van der Waals surface area contributed by atoms with Crippen molar-refractivity contribution < 1.29 is 14.4 Å². The topological polar surface area (TPSA) is 100 Å². The zero-order chi connectivity index (χ0) is 25.2. The number of pyridine rings is 1. The van der Waals surface area contributed by atoms with Crippen LogP contribution in [0, 0.1) is 12.8 Å². The average Bonchev–Trinajstić information content (AvgIpc) is 2.87. The maximum absolute atomic E-state index is 13.0. The maximum atomic E-state index is 13.0. The van der Waals surface area contributed by atoms with Crippen LogP contribution in [0.25, 0.3) is 11.1 Å². The monoisotopic (exact) mass is 472 g/mol. The van der Waals surface area contributed by atoms with E-state index in [4.69, 9.17) is 0 Å².